The minimum atomic E-state index is -0.172. The number of anilines is 1. The summed E-state index contributed by atoms with van der Waals surface area (Å²) in [5.41, 5.74) is 0.748. The quantitative estimate of drug-likeness (QED) is 0.798. The molecule has 20 heavy (non-hydrogen) atoms. The maximum absolute atomic E-state index is 11.8. The zero-order chi connectivity index (χ0) is 13.9. The fourth-order valence-electron chi connectivity index (χ4n) is 1.89. The Kier molecular flexibility index (Phi) is 3.42. The molecule has 0 bridgehead atoms. The van der Waals surface area contributed by atoms with Crippen LogP contribution in [0.25, 0.3) is 10.8 Å². The molecule has 2 aromatic carbocycles. The Morgan fingerprint density at radius 2 is 2.00 bits per heavy atom. The summed E-state index contributed by atoms with van der Waals surface area (Å²) in [6.07, 6.45) is 1.40. The molecule has 0 spiro atoms. The number of halogens is 1. The second-order valence-electron chi connectivity index (χ2n) is 4.26. The van der Waals surface area contributed by atoms with E-state index >= 15 is 0 Å². The molecule has 1 heterocycles. The summed E-state index contributed by atoms with van der Waals surface area (Å²) in [6.45, 7) is 0.0887. The second-order valence-corrected chi connectivity index (χ2v) is 5.18. The van der Waals surface area contributed by atoms with Crippen molar-refractivity contribution in [1.29, 1.82) is 0 Å². The Bertz CT molecular complexity index is 757. The first-order chi connectivity index (χ1) is 9.70. The van der Waals surface area contributed by atoms with Gasteiger partial charge in [-0.1, -0.05) is 28.1 Å². The summed E-state index contributed by atoms with van der Waals surface area (Å²) in [5.74, 6) is -0.172. The van der Waals surface area contributed by atoms with Crippen LogP contribution in [0.2, 0.25) is 0 Å². The van der Waals surface area contributed by atoms with E-state index in [2.05, 4.69) is 36.8 Å². The van der Waals surface area contributed by atoms with Gasteiger partial charge in [0, 0.05) is 10.2 Å². The van der Waals surface area contributed by atoms with E-state index in [9.17, 15) is 4.79 Å². The van der Waals surface area contributed by atoms with Crippen LogP contribution in [0.1, 0.15) is 0 Å². The molecule has 100 valence electrons. The van der Waals surface area contributed by atoms with Gasteiger partial charge in [0.2, 0.25) is 5.91 Å². The van der Waals surface area contributed by atoms with Gasteiger partial charge in [-0.3, -0.25) is 4.79 Å². The molecule has 1 amide bonds. The number of tetrazole rings is 1. The molecule has 0 saturated heterocycles. The minimum absolute atomic E-state index is 0.0887. The van der Waals surface area contributed by atoms with Crippen LogP contribution in [0.4, 0.5) is 5.69 Å². The summed E-state index contributed by atoms with van der Waals surface area (Å²) >= 11 is 3.43. The van der Waals surface area contributed by atoms with Crippen LogP contribution in [-0.4, -0.2) is 26.1 Å². The molecular formula is C13H10BrN5O. The highest BCUT2D eigenvalue weighted by Crippen LogP contribution is 2.22. The number of hydrogen-bond acceptors (Lipinski definition) is 4. The fourth-order valence-corrected chi connectivity index (χ4v) is 2.27. The maximum atomic E-state index is 11.8. The Labute approximate surface area is 122 Å². The maximum Gasteiger partial charge on any atom is 0.246 e. The van der Waals surface area contributed by atoms with Crippen LogP contribution in [0, 0.1) is 0 Å². The number of nitrogens with zero attached hydrogens (tertiary/aromatic N) is 4. The summed E-state index contributed by atoms with van der Waals surface area (Å²) < 4.78 is 2.40. The monoisotopic (exact) mass is 331 g/mol. The van der Waals surface area contributed by atoms with Crippen molar-refractivity contribution in [2.24, 2.45) is 0 Å². The number of rotatable bonds is 3. The molecule has 0 saturated carbocycles. The van der Waals surface area contributed by atoms with Gasteiger partial charge in [0.25, 0.3) is 0 Å². The van der Waals surface area contributed by atoms with Crippen LogP contribution >= 0.6 is 15.9 Å². The van der Waals surface area contributed by atoms with E-state index in [1.54, 1.807) is 0 Å². The second kappa shape index (κ2) is 5.38. The van der Waals surface area contributed by atoms with E-state index in [1.807, 2.05) is 36.4 Å². The van der Waals surface area contributed by atoms with Crippen molar-refractivity contribution in [2.45, 2.75) is 6.54 Å². The SMILES string of the molecule is O=C(Cn1cnnn1)Nc1ccc2cc(Br)ccc2c1. The van der Waals surface area contributed by atoms with Crippen molar-refractivity contribution in [3.05, 3.63) is 47.2 Å². The van der Waals surface area contributed by atoms with Crippen molar-refractivity contribution in [3.63, 3.8) is 0 Å². The Morgan fingerprint density at radius 1 is 1.20 bits per heavy atom. The molecule has 1 N–H and O–H groups in total. The Balaban J connectivity index is 1.77. The van der Waals surface area contributed by atoms with Crippen LogP contribution in [-0.2, 0) is 11.3 Å². The molecule has 6 nitrogen and oxygen atoms in total. The third-order valence-corrected chi connectivity index (χ3v) is 3.28. The zero-order valence-electron chi connectivity index (χ0n) is 10.3. The van der Waals surface area contributed by atoms with Gasteiger partial charge < -0.3 is 5.32 Å². The molecule has 0 atom stereocenters. The lowest BCUT2D eigenvalue weighted by molar-refractivity contribution is -0.116. The molecule has 1 aromatic heterocycles. The molecule has 0 aliphatic carbocycles. The average molecular weight is 332 g/mol. The van der Waals surface area contributed by atoms with Crippen LogP contribution in [0.5, 0.6) is 0 Å². The number of carbonyl (C=O) groups is 1. The lowest BCUT2D eigenvalue weighted by Crippen LogP contribution is -2.19. The van der Waals surface area contributed by atoms with Crippen molar-refractivity contribution in [1.82, 2.24) is 20.2 Å². The molecule has 0 fully saturated rings. The molecule has 0 aliphatic rings. The first-order valence-corrected chi connectivity index (χ1v) is 6.70. The number of benzene rings is 2. The number of carbonyl (C=O) groups excluding carboxylic acids is 1. The zero-order valence-corrected chi connectivity index (χ0v) is 11.9. The van der Waals surface area contributed by atoms with Gasteiger partial charge in [-0.25, -0.2) is 4.68 Å². The van der Waals surface area contributed by atoms with Gasteiger partial charge in [0.15, 0.2) is 0 Å². The summed E-state index contributed by atoms with van der Waals surface area (Å²) in [7, 11) is 0. The number of hydrogen-bond donors (Lipinski definition) is 1. The predicted octanol–water partition coefficient (Wildman–Crippen LogP) is 2.23. The van der Waals surface area contributed by atoms with Gasteiger partial charge in [0.05, 0.1) is 0 Å². The topological polar surface area (TPSA) is 72.7 Å². The van der Waals surface area contributed by atoms with Crippen molar-refractivity contribution in [3.8, 4) is 0 Å². The molecule has 7 heteroatoms. The highest BCUT2D eigenvalue weighted by Gasteiger charge is 2.05. The van der Waals surface area contributed by atoms with Gasteiger partial charge in [-0.2, -0.15) is 0 Å². The molecule has 0 unspecified atom stereocenters. The van der Waals surface area contributed by atoms with Gasteiger partial charge >= 0.3 is 0 Å². The van der Waals surface area contributed by atoms with E-state index < -0.39 is 0 Å². The standard InChI is InChI=1S/C13H10BrN5O/c14-11-3-1-10-6-12(4-2-9(10)5-11)16-13(20)7-19-8-15-17-18-19/h1-6,8H,7H2,(H,16,20). The van der Waals surface area contributed by atoms with Gasteiger partial charge in [-0.15, -0.1) is 5.10 Å². The minimum Gasteiger partial charge on any atom is -0.324 e. The first-order valence-electron chi connectivity index (χ1n) is 5.91. The van der Waals surface area contributed by atoms with Crippen LogP contribution in [0.3, 0.4) is 0 Å². The van der Waals surface area contributed by atoms with Gasteiger partial charge in [0.1, 0.15) is 12.9 Å². The summed E-state index contributed by atoms with van der Waals surface area (Å²) in [5, 5.41) is 15.6. The lowest BCUT2D eigenvalue weighted by atomic mass is 10.1. The number of amides is 1. The summed E-state index contributed by atoms with van der Waals surface area (Å²) in [4.78, 5) is 11.8. The van der Waals surface area contributed by atoms with Crippen molar-refractivity contribution >= 4 is 38.3 Å². The number of aromatic nitrogens is 4. The van der Waals surface area contributed by atoms with Crippen LogP contribution < -0.4 is 5.32 Å². The molecule has 3 rings (SSSR count). The van der Waals surface area contributed by atoms with E-state index in [4.69, 9.17) is 0 Å². The number of fused-ring (bicyclic) bond motifs is 1. The third-order valence-electron chi connectivity index (χ3n) is 2.78. The summed E-state index contributed by atoms with van der Waals surface area (Å²) in [6, 6.07) is 11.8. The highest BCUT2D eigenvalue weighted by molar-refractivity contribution is 9.10. The smallest absolute Gasteiger partial charge is 0.246 e. The van der Waals surface area contributed by atoms with Crippen molar-refractivity contribution in [2.75, 3.05) is 5.32 Å². The van der Waals surface area contributed by atoms with E-state index in [1.165, 1.54) is 11.0 Å². The Hall–Kier alpha value is -2.28. The van der Waals surface area contributed by atoms with E-state index in [0.29, 0.717) is 0 Å². The first kappa shape index (κ1) is 12.7. The largest absolute Gasteiger partial charge is 0.324 e. The van der Waals surface area contributed by atoms with Crippen molar-refractivity contribution < 1.29 is 4.79 Å². The fraction of sp³-hybridized carbons (Fsp3) is 0.0769. The van der Waals surface area contributed by atoms with Crippen LogP contribution in [0.15, 0.2) is 47.2 Å². The highest BCUT2D eigenvalue weighted by atomic mass is 79.9. The van der Waals surface area contributed by atoms with E-state index in [0.717, 1.165) is 20.9 Å². The van der Waals surface area contributed by atoms with Gasteiger partial charge in [-0.05, 0) is 45.5 Å². The Morgan fingerprint density at radius 3 is 2.80 bits per heavy atom. The third kappa shape index (κ3) is 2.83. The predicted molar refractivity (Wildman–Crippen MR) is 78.1 cm³/mol. The normalized spacial score (nSPS) is 10.7. The lowest BCUT2D eigenvalue weighted by Gasteiger charge is -2.06. The number of nitrogens with one attached hydrogen (secondary N) is 1. The molecular weight excluding hydrogens is 322 g/mol. The molecule has 3 aromatic rings. The molecule has 0 aliphatic heterocycles. The van der Waals surface area contributed by atoms with E-state index in [-0.39, 0.29) is 12.5 Å². The average Bonchev–Trinajstić information content (AvgIpc) is 2.91. The molecule has 0 radical (unpaired) electrons.